The van der Waals surface area contributed by atoms with Crippen LogP contribution >= 0.6 is 0 Å². The molecule has 16 bridgehead atoms. The Morgan fingerprint density at radius 2 is 0.547 bits per heavy atom. The highest BCUT2D eigenvalue weighted by Gasteiger charge is 2.50. The van der Waals surface area contributed by atoms with Crippen LogP contribution in [0.25, 0.3) is 110 Å². The van der Waals surface area contributed by atoms with E-state index in [1.54, 1.807) is 22.3 Å². The zero-order chi connectivity index (χ0) is 54.8. The summed E-state index contributed by atoms with van der Waals surface area (Å²) in [5.74, 6) is 10.8. The second-order valence-electron chi connectivity index (χ2n) is 32.0. The van der Waals surface area contributed by atoms with Crippen LogP contribution in [0.3, 0.4) is 0 Å². The Kier molecular flexibility index (Phi) is 8.53. The van der Waals surface area contributed by atoms with Gasteiger partial charge in [0.1, 0.15) is 0 Å². The maximum atomic E-state index is 5.81. The van der Waals surface area contributed by atoms with E-state index in [1.807, 2.05) is 0 Å². The van der Waals surface area contributed by atoms with Gasteiger partial charge in [0.2, 0.25) is 0 Å². The standard InChI is InChI=1S/C80H72N6/c1-3-7-45(8-4-1)63-55(31-57-69-59(33-81-75-51-23-37-11-38(24-51)16-47(15-37)65(69)75)85-61-35-83-77-53-27-41-13-42(28-53)20-49(19-41)67(77)71(61)73(63)79(57)85)56-32-58-70-60(34-82-76-52-25-39-12-40(26-52)18-48(17-39)66(70)76)86-62-36-84-78-54-29-43-14-44(30-54)22-50(21-43)68(78)72(62)74(80(58)86)64(56)46-9-5-2-6-10-46/h1-10,31-44,47-54H,11-30H2. The Morgan fingerprint density at radius 1 is 0.279 bits per heavy atom. The van der Waals surface area contributed by atoms with E-state index >= 15 is 0 Å². The lowest BCUT2D eigenvalue weighted by Gasteiger charge is -2.38. The van der Waals surface area contributed by atoms with E-state index in [1.165, 1.54) is 261 Å². The van der Waals surface area contributed by atoms with Gasteiger partial charge in [-0.15, -0.1) is 0 Å². The van der Waals surface area contributed by atoms with E-state index < -0.39 is 0 Å². The molecule has 16 aliphatic carbocycles. The third-order valence-electron chi connectivity index (χ3n) is 27.7. The predicted octanol–water partition coefficient (Wildman–Crippen LogP) is 20.1. The van der Waals surface area contributed by atoms with Gasteiger partial charge >= 0.3 is 0 Å². The zero-order valence-corrected chi connectivity index (χ0v) is 49.3. The summed E-state index contributed by atoms with van der Waals surface area (Å²) in [5.41, 5.74) is 28.8. The molecule has 4 aromatic carbocycles. The maximum Gasteiger partial charge on any atom is 0.0728 e. The van der Waals surface area contributed by atoms with Gasteiger partial charge in [-0.2, -0.15) is 0 Å². The van der Waals surface area contributed by atoms with Crippen LogP contribution < -0.4 is 0 Å². The largest absolute Gasteiger partial charge is 0.305 e. The molecule has 0 amide bonds. The van der Waals surface area contributed by atoms with Crippen molar-refractivity contribution in [3.05, 3.63) is 143 Å². The fraction of sp³-hybridized carbons (Fsp3) is 0.450. The summed E-state index contributed by atoms with van der Waals surface area (Å²) in [7, 11) is 0. The van der Waals surface area contributed by atoms with Crippen LogP contribution in [-0.4, -0.2) is 28.7 Å². The summed E-state index contributed by atoms with van der Waals surface area (Å²) in [6.07, 6.45) is 36.2. The Bertz CT molecular complexity index is 4670. The van der Waals surface area contributed by atoms with Gasteiger partial charge in [0.25, 0.3) is 0 Å². The minimum absolute atomic E-state index is 0.533. The molecule has 8 aromatic heterocycles. The molecule has 16 aliphatic rings. The molecule has 12 aromatic rings. The predicted molar refractivity (Wildman–Crippen MR) is 345 cm³/mol. The first-order valence-electron chi connectivity index (χ1n) is 34.8. The Labute approximate surface area is 501 Å². The number of nitrogens with zero attached hydrogens (tertiary/aromatic N) is 6. The Morgan fingerprint density at radius 3 is 0.849 bits per heavy atom. The molecule has 6 heteroatoms. The highest BCUT2D eigenvalue weighted by Crippen LogP contribution is 2.66. The topological polar surface area (TPSA) is 60.4 Å². The third-order valence-corrected chi connectivity index (χ3v) is 27.7. The van der Waals surface area contributed by atoms with E-state index in [-0.39, 0.29) is 0 Å². The van der Waals surface area contributed by atoms with Gasteiger partial charge in [-0.25, -0.2) is 0 Å². The summed E-state index contributed by atoms with van der Waals surface area (Å²) in [6, 6.07) is 29.5. The molecule has 28 rings (SSSR count). The van der Waals surface area contributed by atoms with Gasteiger partial charge in [0.05, 0.1) is 57.9 Å². The average Bonchev–Trinajstić information content (AvgIpc) is 1.53. The third kappa shape index (κ3) is 5.65. The molecule has 0 saturated heterocycles. The van der Waals surface area contributed by atoms with Gasteiger partial charge in [-0.3, -0.25) is 19.9 Å². The van der Waals surface area contributed by atoms with Crippen molar-refractivity contribution in [2.45, 2.75) is 176 Å². The first-order valence-corrected chi connectivity index (χ1v) is 34.8. The summed E-state index contributed by atoms with van der Waals surface area (Å²) in [5, 5.41) is 12.0. The fourth-order valence-corrected chi connectivity index (χ4v) is 25.7. The lowest BCUT2D eigenvalue weighted by Crippen LogP contribution is -2.25. The van der Waals surface area contributed by atoms with Crippen molar-refractivity contribution in [3.8, 4) is 33.4 Å². The average molecular weight is 1120 g/mol. The molecule has 8 fully saturated rings. The Hall–Kier alpha value is -6.92. The number of hydrogen-bond acceptors (Lipinski definition) is 4. The van der Waals surface area contributed by atoms with Crippen molar-refractivity contribution < 1.29 is 0 Å². The maximum absolute atomic E-state index is 5.81. The van der Waals surface area contributed by atoms with Crippen LogP contribution in [0, 0.1) is 47.3 Å². The molecule has 0 spiro atoms. The van der Waals surface area contributed by atoms with Crippen molar-refractivity contribution in [2.24, 2.45) is 47.3 Å². The van der Waals surface area contributed by atoms with Crippen molar-refractivity contribution >= 4 is 76.2 Å². The second kappa shape index (κ2) is 15.8. The number of fused-ring (bicyclic) bond motifs is 12. The van der Waals surface area contributed by atoms with Crippen LogP contribution in [0.5, 0.6) is 0 Å². The van der Waals surface area contributed by atoms with Crippen molar-refractivity contribution in [1.82, 2.24) is 28.7 Å². The van der Waals surface area contributed by atoms with E-state index in [0.29, 0.717) is 47.3 Å². The number of rotatable bonds is 3. The number of benzene rings is 4. The van der Waals surface area contributed by atoms with E-state index in [0.717, 1.165) is 47.3 Å². The lowest BCUT2D eigenvalue weighted by atomic mass is 9.67. The van der Waals surface area contributed by atoms with Gasteiger partial charge in [-0.1, -0.05) is 60.7 Å². The van der Waals surface area contributed by atoms with Crippen LogP contribution in [0.4, 0.5) is 0 Å². The zero-order valence-electron chi connectivity index (χ0n) is 49.3. The van der Waals surface area contributed by atoms with Gasteiger partial charge in [-0.05, 0) is 267 Å². The fourth-order valence-electron chi connectivity index (χ4n) is 25.7. The number of hydrogen-bond donors (Lipinski definition) is 0. The molecule has 86 heavy (non-hydrogen) atoms. The SMILES string of the molecule is c1ccc(-c2c(-c3cc4c5c6c(ncc5n5c7cnc8c(c7c(c3-c3ccccc3)c45)C3CC4CC(CC8C4)C3)C3CC4CC(C3)CC6C4)cc3c4c5c(ncc4n4c6cnc7c(c6c2c34)C2CC3CC(CC7C3)C2)C2CC3CC(C2)CC5C3)cc1. The number of aromatic nitrogens is 6. The normalized spacial score (nSPS) is 33.8. The summed E-state index contributed by atoms with van der Waals surface area (Å²) in [4.78, 5) is 23.2. The molecule has 8 atom stereocenters. The molecule has 422 valence electrons. The van der Waals surface area contributed by atoms with Crippen LogP contribution in [0.2, 0.25) is 0 Å². The first-order chi connectivity index (χ1) is 42.5. The highest BCUT2D eigenvalue weighted by atomic mass is 15.0. The molecular weight excluding hydrogens is 1040 g/mol. The Balaban J connectivity index is 0.933. The van der Waals surface area contributed by atoms with Crippen molar-refractivity contribution in [1.29, 1.82) is 0 Å². The minimum atomic E-state index is 0.533. The van der Waals surface area contributed by atoms with Crippen LogP contribution in [0.1, 0.15) is 221 Å². The van der Waals surface area contributed by atoms with Crippen molar-refractivity contribution in [3.63, 3.8) is 0 Å². The van der Waals surface area contributed by atoms with E-state index in [9.17, 15) is 0 Å². The van der Waals surface area contributed by atoms with E-state index in [4.69, 9.17) is 19.9 Å². The molecular formula is C80H72N6. The van der Waals surface area contributed by atoms with Gasteiger partial charge in [0, 0.05) is 89.5 Å². The van der Waals surface area contributed by atoms with Crippen LogP contribution in [-0.2, 0) is 0 Å². The molecule has 0 radical (unpaired) electrons. The first kappa shape index (κ1) is 46.3. The highest BCUT2D eigenvalue weighted by molar-refractivity contribution is 6.34. The number of pyridine rings is 4. The molecule has 8 saturated carbocycles. The monoisotopic (exact) mass is 1120 g/mol. The molecule has 0 N–H and O–H groups in total. The summed E-state index contributed by atoms with van der Waals surface area (Å²) >= 11 is 0. The second-order valence-corrected chi connectivity index (χ2v) is 32.0. The molecule has 8 unspecified atom stereocenters. The summed E-state index contributed by atoms with van der Waals surface area (Å²) < 4.78 is 5.52. The van der Waals surface area contributed by atoms with Gasteiger partial charge < -0.3 is 8.80 Å². The van der Waals surface area contributed by atoms with E-state index in [2.05, 4.69) is 106 Å². The molecule has 0 aliphatic heterocycles. The lowest BCUT2D eigenvalue weighted by molar-refractivity contribution is 0.165. The minimum Gasteiger partial charge on any atom is -0.305 e. The quantitative estimate of drug-likeness (QED) is 0.177. The van der Waals surface area contributed by atoms with Gasteiger partial charge in [0.15, 0.2) is 0 Å². The molecule has 6 nitrogen and oxygen atoms in total. The molecule has 8 heterocycles. The van der Waals surface area contributed by atoms with Crippen LogP contribution in [0.15, 0.2) is 97.6 Å². The smallest absolute Gasteiger partial charge is 0.0728 e. The summed E-state index contributed by atoms with van der Waals surface area (Å²) in [6.45, 7) is 0. The van der Waals surface area contributed by atoms with Crippen molar-refractivity contribution in [2.75, 3.05) is 0 Å².